The van der Waals surface area contributed by atoms with Crippen molar-refractivity contribution in [2.75, 3.05) is 5.32 Å². The second kappa shape index (κ2) is 3.96. The van der Waals surface area contributed by atoms with Crippen molar-refractivity contribution in [3.8, 4) is 0 Å². The van der Waals surface area contributed by atoms with Gasteiger partial charge in [-0.05, 0) is 39.3 Å². The van der Waals surface area contributed by atoms with E-state index in [9.17, 15) is 0 Å². The number of aliphatic hydroxyl groups excluding tert-OH is 1. The molecule has 0 saturated heterocycles. The molecule has 0 aromatic carbocycles. The second-order valence-electron chi connectivity index (χ2n) is 4.47. The van der Waals surface area contributed by atoms with Gasteiger partial charge in [0.15, 0.2) is 0 Å². The molecule has 0 fully saturated rings. The van der Waals surface area contributed by atoms with Crippen LogP contribution in [0.5, 0.6) is 0 Å². The van der Waals surface area contributed by atoms with Gasteiger partial charge in [-0.3, -0.25) is 0 Å². The zero-order valence-corrected chi connectivity index (χ0v) is 9.26. The Hall–Kier alpha value is -1.09. The lowest BCUT2D eigenvalue weighted by Crippen LogP contribution is -2.26. The SMILES string of the molecule is Cc1nc(NC(C)(C)C)ccc1CO. The van der Waals surface area contributed by atoms with Crippen LogP contribution in [-0.4, -0.2) is 15.6 Å². The number of hydrogen-bond donors (Lipinski definition) is 2. The van der Waals surface area contributed by atoms with Gasteiger partial charge in [-0.1, -0.05) is 6.07 Å². The third-order valence-corrected chi connectivity index (χ3v) is 1.87. The molecule has 0 aliphatic heterocycles. The van der Waals surface area contributed by atoms with Crippen molar-refractivity contribution in [3.05, 3.63) is 23.4 Å². The molecule has 78 valence electrons. The van der Waals surface area contributed by atoms with Crippen LogP contribution in [0.1, 0.15) is 32.0 Å². The lowest BCUT2D eigenvalue weighted by atomic mass is 10.1. The Kier molecular flexibility index (Phi) is 3.11. The summed E-state index contributed by atoms with van der Waals surface area (Å²) in [5.74, 6) is 0.854. The topological polar surface area (TPSA) is 45.2 Å². The average Bonchev–Trinajstić information content (AvgIpc) is 2.01. The second-order valence-corrected chi connectivity index (χ2v) is 4.47. The van der Waals surface area contributed by atoms with Crippen molar-refractivity contribution in [2.45, 2.75) is 39.8 Å². The molecule has 1 aromatic rings. The molecule has 0 radical (unpaired) electrons. The van der Waals surface area contributed by atoms with Gasteiger partial charge in [-0.25, -0.2) is 4.98 Å². The van der Waals surface area contributed by atoms with Gasteiger partial charge in [0.1, 0.15) is 5.82 Å². The molecule has 0 saturated carbocycles. The van der Waals surface area contributed by atoms with E-state index in [1.54, 1.807) is 0 Å². The van der Waals surface area contributed by atoms with E-state index in [1.807, 2.05) is 19.1 Å². The molecule has 0 aliphatic rings. The van der Waals surface area contributed by atoms with Crippen LogP contribution in [0.25, 0.3) is 0 Å². The Bertz CT molecular complexity index is 316. The molecule has 0 unspecified atom stereocenters. The summed E-state index contributed by atoms with van der Waals surface area (Å²) in [5, 5.41) is 12.3. The van der Waals surface area contributed by atoms with E-state index in [-0.39, 0.29) is 12.1 Å². The van der Waals surface area contributed by atoms with E-state index >= 15 is 0 Å². The number of pyridine rings is 1. The standard InChI is InChI=1S/C11H18N2O/c1-8-9(7-14)5-6-10(12-8)13-11(2,3)4/h5-6,14H,7H2,1-4H3,(H,12,13). The minimum absolute atomic E-state index is 0.0141. The van der Waals surface area contributed by atoms with E-state index in [1.165, 1.54) is 0 Å². The van der Waals surface area contributed by atoms with Crippen molar-refractivity contribution in [3.63, 3.8) is 0 Å². The highest BCUT2D eigenvalue weighted by molar-refractivity contribution is 5.40. The maximum Gasteiger partial charge on any atom is 0.126 e. The van der Waals surface area contributed by atoms with Crippen molar-refractivity contribution < 1.29 is 5.11 Å². The largest absolute Gasteiger partial charge is 0.392 e. The van der Waals surface area contributed by atoms with Crippen molar-refractivity contribution in [1.29, 1.82) is 0 Å². The predicted molar refractivity (Wildman–Crippen MR) is 58.3 cm³/mol. The molecular formula is C11H18N2O. The highest BCUT2D eigenvalue weighted by Gasteiger charge is 2.10. The summed E-state index contributed by atoms with van der Waals surface area (Å²) in [6, 6.07) is 3.79. The van der Waals surface area contributed by atoms with Crippen molar-refractivity contribution >= 4 is 5.82 Å². The van der Waals surface area contributed by atoms with Gasteiger partial charge < -0.3 is 10.4 Å². The fraction of sp³-hybridized carbons (Fsp3) is 0.545. The lowest BCUT2D eigenvalue weighted by Gasteiger charge is -2.21. The van der Waals surface area contributed by atoms with Gasteiger partial charge in [-0.15, -0.1) is 0 Å². The number of aliphatic hydroxyl groups is 1. The van der Waals surface area contributed by atoms with Crippen LogP contribution in [0.3, 0.4) is 0 Å². The number of aryl methyl sites for hydroxylation is 1. The first-order chi connectivity index (χ1) is 6.42. The lowest BCUT2D eigenvalue weighted by molar-refractivity contribution is 0.280. The molecule has 3 heteroatoms. The highest BCUT2D eigenvalue weighted by Crippen LogP contribution is 2.14. The van der Waals surface area contributed by atoms with Gasteiger partial charge in [0.2, 0.25) is 0 Å². The van der Waals surface area contributed by atoms with Crippen LogP contribution in [0.15, 0.2) is 12.1 Å². The summed E-state index contributed by atoms with van der Waals surface area (Å²) in [5.41, 5.74) is 1.77. The van der Waals surface area contributed by atoms with E-state index in [0.29, 0.717) is 0 Å². The first kappa shape index (κ1) is 11.0. The summed E-state index contributed by atoms with van der Waals surface area (Å²) in [6.45, 7) is 8.21. The first-order valence-corrected chi connectivity index (χ1v) is 4.78. The Labute approximate surface area is 85.2 Å². The molecular weight excluding hydrogens is 176 g/mol. The van der Waals surface area contributed by atoms with E-state index in [2.05, 4.69) is 31.1 Å². The van der Waals surface area contributed by atoms with Gasteiger partial charge >= 0.3 is 0 Å². The normalized spacial score (nSPS) is 11.5. The van der Waals surface area contributed by atoms with Gasteiger partial charge in [0.25, 0.3) is 0 Å². The number of anilines is 1. The third-order valence-electron chi connectivity index (χ3n) is 1.87. The minimum Gasteiger partial charge on any atom is -0.392 e. The summed E-state index contributed by atoms with van der Waals surface area (Å²) >= 11 is 0. The molecule has 14 heavy (non-hydrogen) atoms. The maximum atomic E-state index is 8.98. The Morgan fingerprint density at radius 2 is 2.00 bits per heavy atom. The molecule has 3 nitrogen and oxygen atoms in total. The quantitative estimate of drug-likeness (QED) is 0.757. The molecule has 0 spiro atoms. The predicted octanol–water partition coefficient (Wildman–Crippen LogP) is 2.09. The van der Waals surface area contributed by atoms with Crippen LogP contribution in [0, 0.1) is 6.92 Å². The summed E-state index contributed by atoms with van der Waals surface area (Å²) in [6.07, 6.45) is 0. The van der Waals surface area contributed by atoms with Gasteiger partial charge in [0, 0.05) is 11.2 Å². The van der Waals surface area contributed by atoms with Crippen LogP contribution in [0.4, 0.5) is 5.82 Å². The first-order valence-electron chi connectivity index (χ1n) is 4.78. The third kappa shape index (κ3) is 3.00. The van der Waals surface area contributed by atoms with Crippen molar-refractivity contribution in [1.82, 2.24) is 4.98 Å². The Morgan fingerprint density at radius 3 is 2.43 bits per heavy atom. The fourth-order valence-electron chi connectivity index (χ4n) is 1.21. The average molecular weight is 194 g/mol. The van der Waals surface area contributed by atoms with E-state index < -0.39 is 0 Å². The molecule has 1 rings (SSSR count). The zero-order valence-electron chi connectivity index (χ0n) is 9.26. The molecule has 0 bridgehead atoms. The number of aromatic nitrogens is 1. The van der Waals surface area contributed by atoms with Crippen molar-refractivity contribution in [2.24, 2.45) is 0 Å². The summed E-state index contributed by atoms with van der Waals surface area (Å²) in [4.78, 5) is 4.36. The molecule has 1 heterocycles. The molecule has 0 atom stereocenters. The van der Waals surface area contributed by atoms with E-state index in [0.717, 1.165) is 17.1 Å². The smallest absolute Gasteiger partial charge is 0.126 e. The molecule has 0 aliphatic carbocycles. The van der Waals surface area contributed by atoms with Crippen LogP contribution in [-0.2, 0) is 6.61 Å². The molecule has 1 aromatic heterocycles. The number of rotatable bonds is 2. The molecule has 2 N–H and O–H groups in total. The van der Waals surface area contributed by atoms with Gasteiger partial charge in [0.05, 0.1) is 6.61 Å². The summed E-state index contributed by atoms with van der Waals surface area (Å²) in [7, 11) is 0. The minimum atomic E-state index is 0.0141. The van der Waals surface area contributed by atoms with Crippen LogP contribution >= 0.6 is 0 Å². The number of nitrogens with one attached hydrogen (secondary N) is 1. The molecule has 0 amide bonds. The van der Waals surface area contributed by atoms with Crippen LogP contribution < -0.4 is 5.32 Å². The summed E-state index contributed by atoms with van der Waals surface area (Å²) < 4.78 is 0. The van der Waals surface area contributed by atoms with E-state index in [4.69, 9.17) is 5.11 Å². The van der Waals surface area contributed by atoms with Gasteiger partial charge in [-0.2, -0.15) is 0 Å². The fourth-order valence-corrected chi connectivity index (χ4v) is 1.21. The monoisotopic (exact) mass is 194 g/mol. The van der Waals surface area contributed by atoms with Crippen LogP contribution in [0.2, 0.25) is 0 Å². The highest BCUT2D eigenvalue weighted by atomic mass is 16.3. The zero-order chi connectivity index (χ0) is 10.8. The number of hydrogen-bond acceptors (Lipinski definition) is 3. The number of nitrogens with zero attached hydrogens (tertiary/aromatic N) is 1. The maximum absolute atomic E-state index is 8.98. The Morgan fingerprint density at radius 1 is 1.36 bits per heavy atom. The Balaban J connectivity index is 2.87.